The van der Waals surface area contributed by atoms with Gasteiger partial charge in [-0.05, 0) is 143 Å². The van der Waals surface area contributed by atoms with Gasteiger partial charge in [-0.3, -0.25) is 0 Å². The van der Waals surface area contributed by atoms with Crippen molar-refractivity contribution in [2.75, 3.05) is 9.80 Å². The zero-order valence-electron chi connectivity index (χ0n) is 41.9. The second-order valence-corrected chi connectivity index (χ2v) is 23.6. The van der Waals surface area contributed by atoms with Crippen LogP contribution in [0, 0.1) is 16.7 Å². The van der Waals surface area contributed by atoms with Gasteiger partial charge < -0.3 is 9.80 Å². The summed E-state index contributed by atoms with van der Waals surface area (Å²) in [6.07, 6.45) is 6.08. The Kier molecular flexibility index (Phi) is 10.8. The monoisotopic (exact) mass is 875 g/mol. The number of para-hydroxylation sites is 2. The van der Waals surface area contributed by atoms with Crippen LogP contribution in [0.25, 0.3) is 33.4 Å². The number of hydrogen-bond acceptors (Lipinski definition) is 2. The van der Waals surface area contributed by atoms with E-state index in [2.05, 4.69) is 263 Å². The molecule has 0 N–H and O–H groups in total. The second kappa shape index (κ2) is 16.2. The van der Waals surface area contributed by atoms with Gasteiger partial charge in [0.2, 0.25) is 0 Å². The highest BCUT2D eigenvalue weighted by atomic mass is 15.2. The Hall–Kier alpha value is -6.32. The van der Waals surface area contributed by atoms with Crippen LogP contribution in [-0.2, 0) is 10.8 Å². The summed E-state index contributed by atoms with van der Waals surface area (Å²) in [6.45, 7) is 28.5. The Balaban J connectivity index is 1.37. The van der Waals surface area contributed by atoms with Crippen molar-refractivity contribution in [2.45, 2.75) is 100 Å². The third-order valence-electron chi connectivity index (χ3n) is 14.7. The third kappa shape index (κ3) is 7.99. The molecule has 2 aliphatic heterocycles. The second-order valence-electron chi connectivity index (χ2n) is 23.6. The van der Waals surface area contributed by atoms with Crippen LogP contribution in [0.3, 0.4) is 0 Å². The average molecular weight is 875 g/mol. The van der Waals surface area contributed by atoms with Crippen molar-refractivity contribution in [1.29, 1.82) is 0 Å². The van der Waals surface area contributed by atoms with Gasteiger partial charge >= 0.3 is 0 Å². The summed E-state index contributed by atoms with van der Waals surface area (Å²) in [5.74, 6) is 0.363. The quantitative estimate of drug-likeness (QED) is 0.159. The predicted octanol–water partition coefficient (Wildman–Crippen LogP) is 16.0. The van der Waals surface area contributed by atoms with Crippen LogP contribution in [0.5, 0.6) is 0 Å². The minimum Gasteiger partial charge on any atom is -0.315 e. The fourth-order valence-corrected chi connectivity index (χ4v) is 10.8. The molecule has 67 heavy (non-hydrogen) atoms. The molecule has 0 bridgehead atoms. The van der Waals surface area contributed by atoms with Crippen molar-refractivity contribution in [3.63, 3.8) is 0 Å². The van der Waals surface area contributed by atoms with E-state index in [1.54, 1.807) is 0 Å². The lowest BCUT2D eigenvalue weighted by molar-refractivity contribution is 0.283. The lowest BCUT2D eigenvalue weighted by Gasteiger charge is -2.47. The van der Waals surface area contributed by atoms with E-state index in [4.69, 9.17) is 0 Å². The van der Waals surface area contributed by atoms with Crippen LogP contribution >= 0.6 is 0 Å². The van der Waals surface area contributed by atoms with E-state index in [1.165, 1.54) is 101 Å². The molecule has 10 rings (SSSR count). The van der Waals surface area contributed by atoms with Crippen LogP contribution in [0.1, 0.15) is 101 Å². The molecule has 1 aliphatic carbocycles. The molecule has 2 nitrogen and oxygen atoms in total. The van der Waals surface area contributed by atoms with Gasteiger partial charge in [-0.1, -0.05) is 210 Å². The maximum atomic E-state index is 2.69. The van der Waals surface area contributed by atoms with E-state index in [1.807, 2.05) is 0 Å². The van der Waals surface area contributed by atoms with E-state index in [0.717, 1.165) is 6.42 Å². The molecule has 3 heteroatoms. The van der Waals surface area contributed by atoms with Gasteiger partial charge in [0, 0.05) is 34.1 Å². The molecule has 0 spiro atoms. The first kappa shape index (κ1) is 44.5. The van der Waals surface area contributed by atoms with Crippen molar-refractivity contribution in [2.24, 2.45) is 16.7 Å². The van der Waals surface area contributed by atoms with Gasteiger partial charge in [0.25, 0.3) is 6.71 Å². The number of nitrogens with zero attached hydrogens (tertiary/aromatic N) is 2. The lowest BCUT2D eigenvalue weighted by Crippen LogP contribution is -2.61. The Labute approximate surface area is 402 Å². The van der Waals surface area contributed by atoms with E-state index in [9.17, 15) is 0 Å². The molecule has 336 valence electrons. The summed E-state index contributed by atoms with van der Waals surface area (Å²) in [7, 11) is 0. The van der Waals surface area contributed by atoms with Gasteiger partial charge in [0.1, 0.15) is 0 Å². The van der Waals surface area contributed by atoms with Gasteiger partial charge in [0.05, 0.1) is 0 Å². The highest BCUT2D eigenvalue weighted by molar-refractivity contribution is 7.00. The van der Waals surface area contributed by atoms with Crippen LogP contribution in [0.4, 0.5) is 28.4 Å². The minimum absolute atomic E-state index is 0.0218. The zero-order chi connectivity index (χ0) is 47.2. The number of fused-ring (bicyclic) bond motifs is 4. The molecule has 0 radical (unpaired) electrons. The summed E-state index contributed by atoms with van der Waals surface area (Å²) in [5.41, 5.74) is 22.9. The molecule has 2 heterocycles. The first-order valence-corrected chi connectivity index (χ1v) is 24.6. The van der Waals surface area contributed by atoms with Crippen LogP contribution in [0.15, 0.2) is 181 Å². The summed E-state index contributed by atoms with van der Waals surface area (Å²) >= 11 is 0. The molecule has 7 aromatic carbocycles. The first-order chi connectivity index (χ1) is 31.8. The smallest absolute Gasteiger partial charge is 0.252 e. The van der Waals surface area contributed by atoms with Crippen molar-refractivity contribution in [3.05, 3.63) is 192 Å². The van der Waals surface area contributed by atoms with E-state index in [-0.39, 0.29) is 28.4 Å². The maximum Gasteiger partial charge on any atom is 0.252 e. The molecule has 3 aliphatic rings. The predicted molar refractivity (Wildman–Crippen MR) is 291 cm³/mol. The first-order valence-electron chi connectivity index (χ1n) is 24.6. The standard InChI is InChI=1S/C64H67BN2/c1-61(2,3)45-36-46(62(4,5)6)39-49(38-45)66-55-32-21-19-30-53(55)65-54-31-20-22-33-56(54)67(50-40-47(63(7,8)9)37-48(41-50)64(10,11)12)58-35-44(34-57(66)60(58)65)59-51(42-24-15-13-16-25-42)28-23-29-52(59)43-26-17-14-18-27-43/h13-40,48H,41H2,1-12H3. The van der Waals surface area contributed by atoms with Crippen LogP contribution in [-0.4, -0.2) is 6.71 Å². The van der Waals surface area contributed by atoms with Gasteiger partial charge in [-0.15, -0.1) is 0 Å². The van der Waals surface area contributed by atoms with E-state index >= 15 is 0 Å². The fraction of sp³-hybridized carbons (Fsp3) is 0.281. The molecule has 0 fully saturated rings. The van der Waals surface area contributed by atoms with Gasteiger partial charge in [-0.25, -0.2) is 0 Å². The number of rotatable bonds is 5. The van der Waals surface area contributed by atoms with Gasteiger partial charge in [0.15, 0.2) is 0 Å². The van der Waals surface area contributed by atoms with Crippen LogP contribution < -0.4 is 26.2 Å². The highest BCUT2D eigenvalue weighted by Crippen LogP contribution is 2.51. The Morgan fingerprint density at radius 2 is 0.925 bits per heavy atom. The summed E-state index contributed by atoms with van der Waals surface area (Å²) < 4.78 is 0. The number of benzene rings is 7. The molecule has 0 aromatic heterocycles. The summed E-state index contributed by atoms with van der Waals surface area (Å²) in [5, 5.41) is 0. The molecule has 0 saturated carbocycles. The number of anilines is 5. The van der Waals surface area contributed by atoms with Crippen molar-refractivity contribution >= 4 is 51.5 Å². The largest absolute Gasteiger partial charge is 0.315 e. The Morgan fingerprint density at radius 3 is 1.42 bits per heavy atom. The molecular formula is C64H67BN2. The SMILES string of the molecule is CC(C)(C)C1=CC(C(C)(C)C)CC(N2c3ccccc3B3c4ccccc4N(c4cc(C(C)(C)C)cc(C(C)(C)C)c4)c4cc(-c5c(-c6ccccc6)cccc5-c5ccccc5)cc2c43)=C1. The average Bonchev–Trinajstić information content (AvgIpc) is 3.30. The third-order valence-corrected chi connectivity index (χ3v) is 14.7. The summed E-state index contributed by atoms with van der Waals surface area (Å²) in [6, 6.07) is 59.9. The molecule has 1 unspecified atom stereocenters. The Bertz CT molecular complexity index is 3000. The number of hydrogen-bond donors (Lipinski definition) is 0. The molecule has 7 aromatic rings. The minimum atomic E-state index is -0.0561. The van der Waals surface area contributed by atoms with E-state index in [0.29, 0.717) is 5.92 Å². The molecule has 0 saturated heterocycles. The maximum absolute atomic E-state index is 2.69. The van der Waals surface area contributed by atoms with Crippen molar-refractivity contribution in [3.8, 4) is 33.4 Å². The Morgan fingerprint density at radius 1 is 0.448 bits per heavy atom. The molecule has 1 atom stereocenters. The van der Waals surface area contributed by atoms with Crippen molar-refractivity contribution in [1.82, 2.24) is 0 Å². The fourth-order valence-electron chi connectivity index (χ4n) is 10.8. The van der Waals surface area contributed by atoms with Crippen molar-refractivity contribution < 1.29 is 0 Å². The van der Waals surface area contributed by atoms with Gasteiger partial charge in [-0.2, -0.15) is 0 Å². The topological polar surface area (TPSA) is 6.48 Å². The van der Waals surface area contributed by atoms with E-state index < -0.39 is 0 Å². The molecular weight excluding hydrogens is 808 g/mol. The normalized spacial score (nSPS) is 15.9. The van der Waals surface area contributed by atoms with Crippen LogP contribution in [0.2, 0.25) is 0 Å². The molecule has 0 amide bonds. The number of allylic oxidation sites excluding steroid dienone is 4. The lowest BCUT2D eigenvalue weighted by atomic mass is 9.33. The zero-order valence-corrected chi connectivity index (χ0v) is 41.9. The highest BCUT2D eigenvalue weighted by Gasteiger charge is 2.45. The summed E-state index contributed by atoms with van der Waals surface area (Å²) in [4.78, 5) is 5.32.